The first-order valence-electron chi connectivity index (χ1n) is 5.21. The van der Waals surface area contributed by atoms with Gasteiger partial charge in [0.05, 0.1) is 0 Å². The molecule has 0 saturated heterocycles. The van der Waals surface area contributed by atoms with E-state index in [9.17, 15) is 0 Å². The molecule has 0 amide bonds. The second-order valence-corrected chi connectivity index (χ2v) is 5.40. The molecule has 1 heterocycles. The molecule has 0 bridgehead atoms. The summed E-state index contributed by atoms with van der Waals surface area (Å²) in [6, 6.07) is 0. The Kier molecular flexibility index (Phi) is 3.04. The van der Waals surface area contributed by atoms with E-state index >= 15 is 0 Å². The zero-order valence-corrected chi connectivity index (χ0v) is 9.86. The van der Waals surface area contributed by atoms with Crippen molar-refractivity contribution in [1.29, 1.82) is 0 Å². The molecule has 0 aromatic rings. The summed E-state index contributed by atoms with van der Waals surface area (Å²) in [5.41, 5.74) is 8.96. The van der Waals surface area contributed by atoms with Gasteiger partial charge in [-0.1, -0.05) is 41.0 Å². The maximum absolute atomic E-state index is 4.17. The van der Waals surface area contributed by atoms with Crippen molar-refractivity contribution < 1.29 is 0 Å². The first kappa shape index (κ1) is 11.3. The van der Waals surface area contributed by atoms with E-state index in [1.807, 2.05) is 0 Å². The fourth-order valence-electron chi connectivity index (χ4n) is 1.92. The number of hydrazine groups is 2. The summed E-state index contributed by atoms with van der Waals surface area (Å²) in [6.07, 6.45) is 2.30. The monoisotopic (exact) mass is 198 g/mol. The Morgan fingerprint density at radius 2 is 1.86 bits per heavy atom. The van der Waals surface area contributed by atoms with Gasteiger partial charge in [-0.3, -0.25) is 5.43 Å². The average Bonchev–Trinajstić information content (AvgIpc) is 2.54. The fraction of sp³-hybridized carbons (Fsp3) is 0.900. The van der Waals surface area contributed by atoms with Crippen LogP contribution in [0.4, 0.5) is 0 Å². The summed E-state index contributed by atoms with van der Waals surface area (Å²) in [4.78, 5) is 0. The number of rotatable bonds is 4. The molecule has 1 aliphatic heterocycles. The fourth-order valence-corrected chi connectivity index (χ4v) is 1.92. The number of hydrogen-bond acceptors (Lipinski definition) is 4. The van der Waals surface area contributed by atoms with E-state index in [2.05, 4.69) is 56.2 Å². The van der Waals surface area contributed by atoms with Crippen LogP contribution in [0.1, 0.15) is 47.5 Å². The Morgan fingerprint density at radius 1 is 1.21 bits per heavy atom. The van der Waals surface area contributed by atoms with E-state index in [0.29, 0.717) is 5.41 Å². The molecule has 1 aliphatic rings. The third-order valence-corrected chi connectivity index (χ3v) is 2.92. The number of hydrazone groups is 1. The largest absolute Gasteiger partial charge is 0.288 e. The summed E-state index contributed by atoms with van der Waals surface area (Å²) < 4.78 is 0. The van der Waals surface area contributed by atoms with Crippen molar-refractivity contribution in [2.75, 3.05) is 0 Å². The quantitative estimate of drug-likeness (QED) is 0.645. The molecule has 0 aliphatic carbocycles. The van der Waals surface area contributed by atoms with Gasteiger partial charge in [0.25, 0.3) is 0 Å². The zero-order valence-electron chi connectivity index (χ0n) is 9.86. The predicted octanol–water partition coefficient (Wildman–Crippen LogP) is 1.76. The van der Waals surface area contributed by atoms with Crippen LogP contribution in [0.3, 0.4) is 0 Å². The Labute approximate surface area is 86.5 Å². The molecule has 0 unspecified atom stereocenters. The van der Waals surface area contributed by atoms with Crippen molar-refractivity contribution in [3.8, 4) is 0 Å². The number of hydrogen-bond donors (Lipinski definition) is 3. The van der Waals surface area contributed by atoms with Crippen LogP contribution in [0, 0.1) is 10.8 Å². The van der Waals surface area contributed by atoms with Gasteiger partial charge in [-0.05, 0) is 11.8 Å². The lowest BCUT2D eigenvalue weighted by atomic mass is 9.73. The summed E-state index contributed by atoms with van der Waals surface area (Å²) in [5, 5.41) is 4.17. The minimum atomic E-state index is 0.0794. The van der Waals surface area contributed by atoms with E-state index in [1.165, 1.54) is 6.42 Å². The maximum atomic E-state index is 4.17. The molecule has 0 spiro atoms. The zero-order chi connectivity index (χ0) is 10.8. The topological polar surface area (TPSA) is 48.5 Å². The molecule has 14 heavy (non-hydrogen) atoms. The standard InChI is InChI=1S/C10H22N4/c1-6-9(2,3)7-10(4,5)8-11-13-14-12-8/h13-14H,6-7H2,1-5H3,(H,11,12). The van der Waals surface area contributed by atoms with E-state index in [0.717, 1.165) is 12.3 Å². The molecular weight excluding hydrogens is 176 g/mol. The highest BCUT2D eigenvalue weighted by atomic mass is 15.8. The van der Waals surface area contributed by atoms with Crippen molar-refractivity contribution in [1.82, 2.24) is 16.5 Å². The Balaban J connectivity index is 2.65. The molecule has 4 nitrogen and oxygen atoms in total. The van der Waals surface area contributed by atoms with Gasteiger partial charge in [0.2, 0.25) is 0 Å². The molecule has 0 saturated carbocycles. The lowest BCUT2D eigenvalue weighted by Gasteiger charge is -2.33. The van der Waals surface area contributed by atoms with Crippen LogP contribution < -0.4 is 16.5 Å². The highest BCUT2D eigenvalue weighted by molar-refractivity contribution is 5.87. The van der Waals surface area contributed by atoms with Crippen LogP contribution in [0.15, 0.2) is 5.10 Å². The molecule has 0 aromatic carbocycles. The summed E-state index contributed by atoms with van der Waals surface area (Å²) in [5.74, 6) is 0.985. The molecule has 0 aromatic heterocycles. The third-order valence-electron chi connectivity index (χ3n) is 2.92. The minimum absolute atomic E-state index is 0.0794. The number of nitrogens with one attached hydrogen (secondary N) is 3. The highest BCUT2D eigenvalue weighted by Gasteiger charge is 2.33. The number of nitrogens with zero attached hydrogens (tertiary/aromatic N) is 1. The van der Waals surface area contributed by atoms with Crippen molar-refractivity contribution in [3.63, 3.8) is 0 Å². The van der Waals surface area contributed by atoms with Crippen LogP contribution in [0.25, 0.3) is 0 Å². The lowest BCUT2D eigenvalue weighted by molar-refractivity contribution is 0.240. The summed E-state index contributed by atoms with van der Waals surface area (Å²) in [7, 11) is 0. The number of amidine groups is 1. The van der Waals surface area contributed by atoms with E-state index in [1.54, 1.807) is 0 Å². The predicted molar refractivity (Wildman–Crippen MR) is 59.3 cm³/mol. The van der Waals surface area contributed by atoms with Crippen molar-refractivity contribution >= 4 is 5.84 Å². The van der Waals surface area contributed by atoms with Crippen molar-refractivity contribution in [2.24, 2.45) is 15.9 Å². The van der Waals surface area contributed by atoms with Gasteiger partial charge in [-0.15, -0.1) is 10.6 Å². The van der Waals surface area contributed by atoms with Gasteiger partial charge in [0.15, 0.2) is 0 Å². The van der Waals surface area contributed by atoms with E-state index in [4.69, 9.17) is 0 Å². The van der Waals surface area contributed by atoms with Crippen LogP contribution >= 0.6 is 0 Å². The van der Waals surface area contributed by atoms with Crippen LogP contribution in [-0.2, 0) is 0 Å². The second-order valence-electron chi connectivity index (χ2n) is 5.40. The molecular formula is C10H22N4. The second kappa shape index (κ2) is 3.77. The molecule has 0 fully saturated rings. The van der Waals surface area contributed by atoms with Gasteiger partial charge in [0, 0.05) is 5.41 Å². The summed E-state index contributed by atoms with van der Waals surface area (Å²) >= 11 is 0. The first-order valence-corrected chi connectivity index (χ1v) is 5.21. The molecule has 0 radical (unpaired) electrons. The van der Waals surface area contributed by atoms with Gasteiger partial charge in [-0.25, -0.2) is 5.53 Å². The minimum Gasteiger partial charge on any atom is -0.288 e. The normalized spacial score (nSPS) is 17.4. The van der Waals surface area contributed by atoms with E-state index < -0.39 is 0 Å². The van der Waals surface area contributed by atoms with Crippen molar-refractivity contribution in [3.05, 3.63) is 0 Å². The lowest BCUT2D eigenvalue weighted by Crippen LogP contribution is -2.42. The Hall–Kier alpha value is -0.770. The SMILES string of the molecule is CCC(C)(C)CC(C)(C)C1=NNNN1. The van der Waals surface area contributed by atoms with Crippen molar-refractivity contribution in [2.45, 2.75) is 47.5 Å². The highest BCUT2D eigenvalue weighted by Crippen LogP contribution is 2.36. The van der Waals surface area contributed by atoms with Gasteiger partial charge in [0.1, 0.15) is 5.84 Å². The Bertz CT molecular complexity index is 230. The molecule has 82 valence electrons. The molecule has 1 rings (SSSR count). The molecule has 3 N–H and O–H groups in total. The Morgan fingerprint density at radius 3 is 2.29 bits per heavy atom. The van der Waals surface area contributed by atoms with Gasteiger partial charge in [-0.2, -0.15) is 0 Å². The smallest absolute Gasteiger partial charge is 0.145 e. The first-order chi connectivity index (χ1) is 6.37. The average molecular weight is 198 g/mol. The van der Waals surface area contributed by atoms with E-state index in [-0.39, 0.29) is 5.41 Å². The summed E-state index contributed by atoms with van der Waals surface area (Å²) in [6.45, 7) is 11.3. The molecule has 0 atom stereocenters. The van der Waals surface area contributed by atoms with Gasteiger partial charge >= 0.3 is 0 Å². The third kappa shape index (κ3) is 2.61. The molecule has 4 heteroatoms. The van der Waals surface area contributed by atoms with Crippen LogP contribution in [-0.4, -0.2) is 5.84 Å². The maximum Gasteiger partial charge on any atom is 0.145 e. The van der Waals surface area contributed by atoms with Crippen LogP contribution in [0.2, 0.25) is 0 Å². The van der Waals surface area contributed by atoms with Crippen LogP contribution in [0.5, 0.6) is 0 Å². The van der Waals surface area contributed by atoms with Gasteiger partial charge < -0.3 is 0 Å².